The molecule has 0 saturated carbocycles. The van der Waals surface area contributed by atoms with Crippen LogP contribution in [0.15, 0.2) is 76.6 Å². The van der Waals surface area contributed by atoms with E-state index in [2.05, 4.69) is 25.2 Å². The monoisotopic (exact) mass is 1100 g/mol. The molecule has 80 heavy (non-hydrogen) atoms. The van der Waals surface area contributed by atoms with Gasteiger partial charge in [-0.05, 0) is 97.5 Å². The van der Waals surface area contributed by atoms with Gasteiger partial charge in [-0.15, -0.1) is 5.10 Å². The zero-order valence-electron chi connectivity index (χ0n) is 47.0. The minimum atomic E-state index is -0.186. The summed E-state index contributed by atoms with van der Waals surface area (Å²) >= 11 is 0. The fraction of sp³-hybridized carbons (Fsp3) is 0.508. The van der Waals surface area contributed by atoms with Crippen LogP contribution < -0.4 is 31.0 Å². The molecule has 0 radical (unpaired) electrons. The van der Waals surface area contributed by atoms with Gasteiger partial charge in [0.15, 0.2) is 5.65 Å². The Morgan fingerprint density at radius 3 is 1.73 bits per heavy atom. The lowest BCUT2D eigenvalue weighted by Gasteiger charge is -2.34. The van der Waals surface area contributed by atoms with Crippen LogP contribution in [0.1, 0.15) is 84.6 Å². The standard InChI is InChI=1S/C31H38N4O6.C26H30N6O5.C2H6.H2/c1-19-12-21(30(36)32-22-16-39-17-22)13-20(2)25(19)6-8-35-29(28-7-10-41-28)33-27-14-23(4-5-26(27)31(35)37)34-9-11-40-24(15-34)18-38-3;1-34-16-19-15-30(8-10-36-19)18-3-4-20-21(11-18)28-25(22-6-9-37-22)31(26(20)33)7-5-17-13-27-23-12-24(35-2)29-32(23)14-17;1-2;/h4-5,12-14,22,24,28H,6-11,15-18H2,1-3H3,(H,32,36);3-4,11-14,19,22H,5-10,15-16H2,1-2H3;1-2H3;1H/t24-,28?;19-,22?;;/m11../s1. The molecular weight excluding hydrogens is 1020 g/mol. The molecule has 1 amide bonds. The van der Waals surface area contributed by atoms with Gasteiger partial charge in [-0.3, -0.25) is 23.5 Å². The van der Waals surface area contributed by atoms with Gasteiger partial charge >= 0.3 is 0 Å². The molecule has 0 spiro atoms. The highest BCUT2D eigenvalue weighted by Gasteiger charge is 2.30. The summed E-state index contributed by atoms with van der Waals surface area (Å²) in [6.07, 6.45) is 6.33. The molecule has 5 fully saturated rings. The van der Waals surface area contributed by atoms with Gasteiger partial charge in [0.1, 0.15) is 23.9 Å². The second kappa shape index (κ2) is 25.7. The molecule has 3 aromatic carbocycles. The fourth-order valence-corrected chi connectivity index (χ4v) is 10.8. The molecule has 0 bridgehead atoms. The first kappa shape index (κ1) is 56.4. The van der Waals surface area contributed by atoms with Crippen molar-refractivity contribution in [2.75, 3.05) is 110 Å². The average molecular weight is 1100 g/mol. The van der Waals surface area contributed by atoms with Gasteiger partial charge in [-0.25, -0.2) is 19.5 Å². The Morgan fingerprint density at radius 2 is 1.25 bits per heavy atom. The number of rotatable bonds is 17. The number of carbonyl (C=O) groups is 1. The number of anilines is 2. The number of morpholine rings is 2. The van der Waals surface area contributed by atoms with Crippen molar-refractivity contribution in [3.05, 3.63) is 127 Å². The van der Waals surface area contributed by atoms with E-state index in [1.165, 1.54) is 0 Å². The van der Waals surface area contributed by atoms with E-state index in [0.717, 1.165) is 72.6 Å². The van der Waals surface area contributed by atoms with E-state index in [-0.39, 0.29) is 48.9 Å². The van der Waals surface area contributed by atoms with Crippen molar-refractivity contribution in [2.45, 2.75) is 96.9 Å². The number of hydrogen-bond donors (Lipinski definition) is 1. The molecule has 0 aliphatic carbocycles. The maximum Gasteiger partial charge on any atom is 0.261 e. The Balaban J connectivity index is 0.000000188. The van der Waals surface area contributed by atoms with E-state index in [4.69, 9.17) is 47.9 Å². The van der Waals surface area contributed by atoms with Crippen molar-refractivity contribution in [1.29, 1.82) is 0 Å². The molecule has 21 nitrogen and oxygen atoms in total. The van der Waals surface area contributed by atoms with E-state index in [0.29, 0.717) is 129 Å². The van der Waals surface area contributed by atoms with E-state index in [1.807, 2.05) is 82.4 Å². The van der Waals surface area contributed by atoms with Crippen LogP contribution in [0, 0.1) is 13.8 Å². The Hall–Kier alpha value is -6.85. The lowest BCUT2D eigenvalue weighted by Crippen LogP contribution is -2.48. The number of aryl methyl sites for hydroxylation is 3. The number of nitrogens with zero attached hydrogens (tertiary/aromatic N) is 9. The Bertz CT molecular complexity index is 3410. The minimum absolute atomic E-state index is 0. The summed E-state index contributed by atoms with van der Waals surface area (Å²) in [5.74, 6) is 1.78. The van der Waals surface area contributed by atoms with E-state index < -0.39 is 0 Å². The topological polar surface area (TPSA) is 209 Å². The van der Waals surface area contributed by atoms with Crippen LogP contribution in [0.5, 0.6) is 5.88 Å². The van der Waals surface area contributed by atoms with Crippen molar-refractivity contribution in [2.24, 2.45) is 0 Å². The Morgan fingerprint density at radius 1 is 0.713 bits per heavy atom. The molecule has 5 aliphatic heterocycles. The van der Waals surface area contributed by atoms with Crippen molar-refractivity contribution >= 4 is 44.7 Å². The summed E-state index contributed by atoms with van der Waals surface area (Å²) in [6.45, 7) is 16.8. The minimum Gasteiger partial charge on any atom is -0.480 e. The van der Waals surface area contributed by atoms with Crippen molar-refractivity contribution in [1.82, 2.24) is 39.0 Å². The zero-order valence-corrected chi connectivity index (χ0v) is 47.0. The summed E-state index contributed by atoms with van der Waals surface area (Å²) in [5, 5.41) is 8.55. The normalized spacial score (nSPS) is 20.0. The second-order valence-corrected chi connectivity index (χ2v) is 20.6. The van der Waals surface area contributed by atoms with Gasteiger partial charge in [0.05, 0.1) is 100 Å². The predicted molar refractivity (Wildman–Crippen MR) is 305 cm³/mol. The molecule has 1 N–H and O–H groups in total. The quantitative estimate of drug-likeness (QED) is 0.111. The highest BCUT2D eigenvalue weighted by molar-refractivity contribution is 5.95. The molecular formula is C59H76N10O11. The molecule has 12 rings (SSSR count). The third-order valence-electron chi connectivity index (χ3n) is 15.3. The van der Waals surface area contributed by atoms with Crippen molar-refractivity contribution in [3.63, 3.8) is 0 Å². The molecule has 4 atom stereocenters. The third kappa shape index (κ3) is 12.4. The van der Waals surface area contributed by atoms with Crippen molar-refractivity contribution < 1.29 is 44.1 Å². The van der Waals surface area contributed by atoms with Crippen LogP contribution in [0.4, 0.5) is 11.4 Å². The van der Waals surface area contributed by atoms with Crippen LogP contribution in [-0.4, -0.2) is 158 Å². The molecule has 5 saturated heterocycles. The van der Waals surface area contributed by atoms with Crippen LogP contribution in [-0.2, 0) is 59.1 Å². The average Bonchev–Trinajstić information content (AvgIpc) is 3.99. The highest BCUT2D eigenvalue weighted by atomic mass is 16.5. The number of benzene rings is 3. The first-order chi connectivity index (χ1) is 39.0. The number of aromatic nitrogens is 7. The van der Waals surface area contributed by atoms with Gasteiger partial charge in [-0.1, -0.05) is 13.8 Å². The van der Waals surface area contributed by atoms with Crippen LogP contribution in [0.25, 0.3) is 27.5 Å². The first-order valence-corrected chi connectivity index (χ1v) is 27.9. The second-order valence-electron chi connectivity index (χ2n) is 20.6. The summed E-state index contributed by atoms with van der Waals surface area (Å²) in [7, 11) is 4.94. The number of hydrogen-bond acceptors (Lipinski definition) is 17. The SMILES string of the molecule is CC.COC[C@H]1CN(c2ccc3c(=O)n(CCc4c(C)cc(C(=O)NC5COC5)cc4C)c(C4CCO4)nc3c2)CCO1.COC[C@H]1CN(c2ccc3c(=O)n(CCc4cnc5cc(OC)nn5c4)c(C4CCO4)nc3c2)CCO1.[HH]. The smallest absolute Gasteiger partial charge is 0.261 e. The van der Waals surface area contributed by atoms with Crippen LogP contribution in [0.3, 0.4) is 0 Å². The number of carbonyl (C=O) groups excluding carboxylic acids is 1. The highest BCUT2D eigenvalue weighted by Crippen LogP contribution is 2.32. The molecule has 5 aliphatic rings. The summed E-state index contributed by atoms with van der Waals surface area (Å²) in [4.78, 5) is 59.1. The molecule has 9 heterocycles. The first-order valence-electron chi connectivity index (χ1n) is 27.9. The van der Waals surface area contributed by atoms with Gasteiger partial charge in [-0.2, -0.15) is 0 Å². The Kier molecular flexibility index (Phi) is 18.1. The van der Waals surface area contributed by atoms with Gasteiger partial charge in [0.25, 0.3) is 17.0 Å². The summed E-state index contributed by atoms with van der Waals surface area (Å²) in [6, 6.07) is 17.5. The number of ether oxygens (including phenoxy) is 8. The Labute approximate surface area is 466 Å². The summed E-state index contributed by atoms with van der Waals surface area (Å²) in [5.41, 5.74) is 8.81. The molecule has 428 valence electrons. The van der Waals surface area contributed by atoms with Gasteiger partial charge < -0.3 is 53.0 Å². The van der Waals surface area contributed by atoms with Crippen molar-refractivity contribution in [3.8, 4) is 5.88 Å². The lowest BCUT2D eigenvalue weighted by molar-refractivity contribution is -0.0605. The molecule has 2 unspecified atom stereocenters. The zero-order chi connectivity index (χ0) is 55.9. The number of nitrogens with one attached hydrogen (secondary N) is 1. The lowest BCUT2D eigenvalue weighted by atomic mass is 9.96. The largest absolute Gasteiger partial charge is 0.480 e. The fourth-order valence-electron chi connectivity index (χ4n) is 10.8. The van der Waals surface area contributed by atoms with E-state index in [9.17, 15) is 14.4 Å². The van der Waals surface area contributed by atoms with Crippen LogP contribution >= 0.6 is 0 Å². The molecule has 4 aromatic heterocycles. The predicted octanol–water partition coefficient (Wildman–Crippen LogP) is 5.97. The van der Waals surface area contributed by atoms with Gasteiger partial charge in [0, 0.05) is 103 Å². The van der Waals surface area contributed by atoms with Gasteiger partial charge in [0.2, 0.25) is 5.88 Å². The number of fused-ring (bicyclic) bond motifs is 3. The maximum absolute atomic E-state index is 13.8. The molecule has 7 aromatic rings. The van der Waals surface area contributed by atoms with Crippen LogP contribution in [0.2, 0.25) is 0 Å². The maximum atomic E-state index is 13.8. The summed E-state index contributed by atoms with van der Waals surface area (Å²) < 4.78 is 49.3. The number of amides is 1. The third-order valence-corrected chi connectivity index (χ3v) is 15.3. The van der Waals surface area contributed by atoms with E-state index in [1.54, 1.807) is 47.2 Å². The van der Waals surface area contributed by atoms with E-state index >= 15 is 0 Å². The molecule has 21 heteroatoms. The number of methoxy groups -OCH3 is 3.